The van der Waals surface area contributed by atoms with Gasteiger partial charge in [-0.1, -0.05) is 87.4 Å². The highest BCUT2D eigenvalue weighted by atomic mass is 28.3. The third-order valence-corrected chi connectivity index (χ3v) is 32.4. The van der Waals surface area contributed by atoms with Crippen LogP contribution < -0.4 is 0 Å². The standard InChI is InChI=1S/2C23H31F3O9.C22H32F2O9Si.C18H28F6O3.C14H28O2/c2*1-6-20(2,3)19(29)32-14-12-13(30-17(14)28)15-18(31-12)35-22(33-15)9-7-11(8-10-22)16(27)34-21(4,5)23(24,25)26;1-7-20(2,3)19(27)31-13-11-12(29-16(13)25)14-18(30-11)33-22(32-14)9-8-21(23,24)15(22)17(26)28-10-34(4,5)6;1-6-14(2,3)13(25)27-16(5,18(22,23)24)12-9-7-11(8-10-12)15(4,26)17(19,20)21;1-6-9-10-12(7-2)11-16-13(15)14(4,5)8-3/h2*11-15,18H,6-10H2,1-5H3;11-15,18H,7-10H2,1-6H3;11-12,26H,6-10H2,1-5H3;12H,6-11H2,1-5H3. The van der Waals surface area contributed by atoms with Crippen LogP contribution in [0.1, 0.15) is 307 Å². The van der Waals surface area contributed by atoms with E-state index in [0.29, 0.717) is 38.7 Å². The molecule has 0 amide bonds. The Labute approximate surface area is 848 Å². The summed E-state index contributed by atoms with van der Waals surface area (Å²) in [5.41, 5.74) is -14.7. The molecule has 13 fully saturated rings. The molecule has 147 heavy (non-hydrogen) atoms. The molecule has 9 saturated heterocycles. The number of halogens is 14. The molecule has 844 valence electrons. The van der Waals surface area contributed by atoms with Gasteiger partial charge in [0.15, 0.2) is 84.4 Å². The SMILES string of the molecule is CCC(C)(C)C(=O)OC(C)(C1CCC(C(C)(O)C(F)(F)F)CC1)C(F)(F)F.CCC(C)(C)C(=O)OC1C(=O)OC2C3OC4(CCC(C(=O)OC(C)(C)C(F)(F)F)CC4)OC3OC12.CCC(C)(C)C(=O)OC1C(=O)OC2C3OC4(CCC(C(=O)OC(C)(C)C(F)(F)F)CC4)OC3OC12.CCC(C)(C)C(=O)OC1C(=O)OC2C3OC4(CCC(F)(F)C4C(=O)OC[Si](C)(C)C)OC3OC12.CCCCC(CC)COC(=O)C(C)(C)CC. The lowest BCUT2D eigenvalue weighted by molar-refractivity contribution is -0.295. The van der Waals surface area contributed by atoms with E-state index in [1.54, 1.807) is 48.5 Å². The summed E-state index contributed by atoms with van der Waals surface area (Å²) in [5, 5.41) is 9.78. The Balaban J connectivity index is 0.000000209. The number of carbonyl (C=O) groups excluding carboxylic acids is 11. The van der Waals surface area contributed by atoms with E-state index in [2.05, 4.69) is 13.8 Å². The summed E-state index contributed by atoms with van der Waals surface area (Å²) in [7, 11) is -1.85. The highest BCUT2D eigenvalue weighted by Crippen LogP contribution is 2.59. The van der Waals surface area contributed by atoms with E-state index in [1.165, 1.54) is 33.1 Å². The fourth-order valence-corrected chi connectivity index (χ4v) is 18.8. The number of rotatable bonds is 29. The number of ether oxygens (including phenoxy) is 20. The molecule has 32 nitrogen and oxygen atoms in total. The average molecular weight is 2160 g/mol. The van der Waals surface area contributed by atoms with Crippen molar-refractivity contribution in [2.45, 2.75) is 489 Å². The number of alkyl halides is 14. The van der Waals surface area contributed by atoms with E-state index in [-0.39, 0.29) is 108 Å². The van der Waals surface area contributed by atoms with Crippen LogP contribution in [0.15, 0.2) is 0 Å². The summed E-state index contributed by atoms with van der Waals surface area (Å²) < 4.78 is 299. The maximum atomic E-state index is 14.8. The van der Waals surface area contributed by atoms with Crippen LogP contribution in [0.3, 0.4) is 0 Å². The number of hydrogen-bond donors (Lipinski definition) is 1. The van der Waals surface area contributed by atoms with Gasteiger partial charge in [0.25, 0.3) is 5.92 Å². The van der Waals surface area contributed by atoms with E-state index in [9.17, 15) is 119 Å². The van der Waals surface area contributed by atoms with Crippen molar-refractivity contribution in [3.63, 3.8) is 0 Å². The topological polar surface area (TPSA) is 393 Å². The van der Waals surface area contributed by atoms with Crippen molar-refractivity contribution in [1.29, 1.82) is 0 Å². The Morgan fingerprint density at radius 2 is 0.728 bits per heavy atom. The monoisotopic (exact) mass is 2160 g/mol. The Morgan fingerprint density at radius 1 is 0.388 bits per heavy atom. The summed E-state index contributed by atoms with van der Waals surface area (Å²) in [5.74, 6) is -20.7. The zero-order valence-corrected chi connectivity index (χ0v) is 89.7. The van der Waals surface area contributed by atoms with E-state index < -0.39 is 288 Å². The largest absolute Gasteiger partial charge is 0.469 e. The quantitative estimate of drug-likeness (QED) is 0.0314. The zero-order valence-electron chi connectivity index (χ0n) is 88.7. The van der Waals surface area contributed by atoms with E-state index in [0.717, 1.165) is 47.5 Å². The minimum atomic E-state index is -4.87. The predicted molar refractivity (Wildman–Crippen MR) is 487 cm³/mol. The van der Waals surface area contributed by atoms with Gasteiger partial charge in [-0.2, -0.15) is 52.7 Å². The van der Waals surface area contributed by atoms with Gasteiger partial charge in [-0.25, -0.2) is 23.2 Å². The molecule has 13 aliphatic rings. The lowest BCUT2D eigenvalue weighted by atomic mass is 9.69. The molecule has 1 N–H and O–H groups in total. The third kappa shape index (κ3) is 27.3. The van der Waals surface area contributed by atoms with Gasteiger partial charge in [-0.3, -0.25) is 38.4 Å². The second-order valence-corrected chi connectivity index (χ2v) is 51.9. The maximum Gasteiger partial charge on any atom is 0.428 e. The molecule has 13 rings (SSSR count). The normalized spacial score (nSPS) is 33.0. The first-order valence-corrected chi connectivity index (χ1v) is 54.5. The first kappa shape index (κ1) is 123. The highest BCUT2D eigenvalue weighted by molar-refractivity contribution is 6.76. The Morgan fingerprint density at radius 3 is 1.05 bits per heavy atom. The molecule has 0 aromatic rings. The molecule has 0 bridgehead atoms. The second kappa shape index (κ2) is 45.2. The highest BCUT2D eigenvalue weighted by Gasteiger charge is 2.76. The van der Waals surface area contributed by atoms with Gasteiger partial charge in [-0.15, -0.1) is 0 Å². The molecule has 0 aromatic heterocycles. The molecule has 9 heterocycles. The first-order valence-electron chi connectivity index (χ1n) is 50.8. The number of fused-ring (bicyclic) bond motifs is 9. The molecule has 0 aromatic carbocycles. The van der Waals surface area contributed by atoms with Gasteiger partial charge in [0.2, 0.25) is 35.1 Å². The van der Waals surface area contributed by atoms with Crippen molar-refractivity contribution in [3.05, 3.63) is 0 Å². The number of unbranched alkanes of at least 4 members (excludes halogenated alkanes) is 1. The third-order valence-electron chi connectivity index (χ3n) is 31.4. The molecule has 20 unspecified atom stereocenters. The van der Waals surface area contributed by atoms with Crippen LogP contribution >= 0.6 is 0 Å². The average Bonchev–Trinajstić information content (AvgIpc) is 1.54. The Kier molecular flexibility index (Phi) is 38.0. The molecule has 20 atom stereocenters. The van der Waals surface area contributed by atoms with Gasteiger partial charge in [0, 0.05) is 44.4 Å². The summed E-state index contributed by atoms with van der Waals surface area (Å²) in [6, 6.07) is 0. The number of esters is 11. The van der Waals surface area contributed by atoms with Gasteiger partial charge >= 0.3 is 90.4 Å². The summed E-state index contributed by atoms with van der Waals surface area (Å²) in [4.78, 5) is 136. The van der Waals surface area contributed by atoms with Crippen molar-refractivity contribution in [3.8, 4) is 0 Å². The predicted octanol–water partition coefficient (Wildman–Crippen LogP) is 18.5. The Hall–Kier alpha value is -6.99. The molecule has 4 aliphatic carbocycles. The summed E-state index contributed by atoms with van der Waals surface area (Å²) in [6.45, 7) is 41.7. The van der Waals surface area contributed by atoms with Crippen LogP contribution in [0, 0.1) is 62.6 Å². The van der Waals surface area contributed by atoms with Crippen molar-refractivity contribution in [2.75, 3.05) is 12.8 Å². The minimum absolute atomic E-state index is 0.0510. The maximum absolute atomic E-state index is 14.8. The number of carbonyl (C=O) groups is 11. The lowest BCUT2D eigenvalue weighted by Crippen LogP contribution is -2.56. The van der Waals surface area contributed by atoms with Crippen molar-refractivity contribution < 1.29 is 214 Å². The first-order chi connectivity index (χ1) is 67.2. The molecule has 4 saturated carbocycles. The lowest BCUT2D eigenvalue weighted by Gasteiger charge is -2.45. The van der Waals surface area contributed by atoms with Crippen LogP contribution in [-0.2, 0) is 147 Å². The van der Waals surface area contributed by atoms with Crippen molar-refractivity contribution in [1.82, 2.24) is 0 Å². The molecule has 47 heteroatoms. The fraction of sp³-hybridized carbons (Fsp3) is 0.890. The summed E-state index contributed by atoms with van der Waals surface area (Å²) in [6.07, 6.45) is -26.4. The Bertz CT molecular complexity index is 4470. The molecular weight excluding hydrogens is 2010 g/mol. The van der Waals surface area contributed by atoms with Crippen LogP contribution in [-0.4, -0.2) is 254 Å². The minimum Gasteiger partial charge on any atom is -0.469 e. The molecule has 3 spiro atoms. The van der Waals surface area contributed by atoms with E-state index in [4.69, 9.17) is 94.7 Å². The summed E-state index contributed by atoms with van der Waals surface area (Å²) >= 11 is 0. The molecular formula is C100H150F14O32Si. The van der Waals surface area contributed by atoms with Crippen LogP contribution in [0.25, 0.3) is 0 Å². The van der Waals surface area contributed by atoms with Gasteiger partial charge in [-0.05, 0) is 213 Å². The van der Waals surface area contributed by atoms with Gasteiger partial charge in [0.05, 0.1) is 59.8 Å². The van der Waals surface area contributed by atoms with Crippen molar-refractivity contribution >= 4 is 73.7 Å². The van der Waals surface area contributed by atoms with Gasteiger partial charge in [0.1, 0.15) is 18.3 Å². The number of aliphatic hydroxyl groups is 1. The fourth-order valence-electron chi connectivity index (χ4n) is 18.3. The second-order valence-electron chi connectivity index (χ2n) is 46.5. The number of hydrogen-bond acceptors (Lipinski definition) is 32. The molecule has 9 aliphatic heterocycles. The van der Waals surface area contributed by atoms with Crippen LogP contribution in [0.2, 0.25) is 19.6 Å². The van der Waals surface area contributed by atoms with Crippen LogP contribution in [0.5, 0.6) is 0 Å². The smallest absolute Gasteiger partial charge is 0.428 e. The van der Waals surface area contributed by atoms with Crippen LogP contribution in [0.4, 0.5) is 61.5 Å². The molecule has 0 radical (unpaired) electrons. The van der Waals surface area contributed by atoms with E-state index in [1.807, 2.05) is 61.2 Å². The van der Waals surface area contributed by atoms with Crippen molar-refractivity contribution in [2.24, 2.45) is 62.6 Å². The zero-order chi connectivity index (χ0) is 111. The van der Waals surface area contributed by atoms with Gasteiger partial charge < -0.3 is 99.8 Å². The van der Waals surface area contributed by atoms with E-state index >= 15 is 0 Å².